The third-order valence-electron chi connectivity index (χ3n) is 5.85. The summed E-state index contributed by atoms with van der Waals surface area (Å²) in [4.78, 5) is 0. The molecule has 32 heavy (non-hydrogen) atoms. The van der Waals surface area contributed by atoms with E-state index in [1.54, 1.807) is 0 Å². The average Bonchev–Trinajstić information content (AvgIpc) is 2.85. The number of aryl methyl sites for hydroxylation is 1. The van der Waals surface area contributed by atoms with E-state index in [1.165, 1.54) is 44.5 Å². The molecule has 0 saturated carbocycles. The highest BCUT2D eigenvalue weighted by molar-refractivity contribution is 6.30. The van der Waals surface area contributed by atoms with Gasteiger partial charge in [-0.15, -0.1) is 0 Å². The summed E-state index contributed by atoms with van der Waals surface area (Å²) in [6.45, 7) is 2.13. The molecule has 0 heterocycles. The van der Waals surface area contributed by atoms with Crippen LogP contribution in [0.5, 0.6) is 0 Å². The first-order valence-corrected chi connectivity index (χ1v) is 11.2. The minimum atomic E-state index is 0.745. The lowest BCUT2D eigenvalue weighted by atomic mass is 9.85. The molecule has 5 rings (SSSR count). The molecule has 0 saturated heterocycles. The topological polar surface area (TPSA) is 0 Å². The molecule has 1 heteroatoms. The second-order valence-electron chi connectivity index (χ2n) is 8.05. The Morgan fingerprint density at radius 1 is 0.406 bits per heavy atom. The van der Waals surface area contributed by atoms with Crippen molar-refractivity contribution in [1.29, 1.82) is 0 Å². The van der Waals surface area contributed by atoms with Gasteiger partial charge in [0.15, 0.2) is 0 Å². The van der Waals surface area contributed by atoms with E-state index in [1.807, 2.05) is 12.1 Å². The number of benzene rings is 5. The molecule has 0 bridgehead atoms. The maximum Gasteiger partial charge on any atom is 0.0406 e. The number of halogens is 1. The highest BCUT2D eigenvalue weighted by atomic mass is 35.5. The van der Waals surface area contributed by atoms with Crippen molar-refractivity contribution >= 4 is 11.6 Å². The first-order chi connectivity index (χ1) is 15.7. The average molecular weight is 431 g/mol. The number of hydrogen-bond donors (Lipinski definition) is 0. The van der Waals surface area contributed by atoms with Gasteiger partial charge in [0, 0.05) is 5.02 Å². The maximum absolute atomic E-state index is 6.20. The van der Waals surface area contributed by atoms with Crippen molar-refractivity contribution in [2.45, 2.75) is 6.92 Å². The monoisotopic (exact) mass is 430 g/mol. The first kappa shape index (κ1) is 20.3. The Morgan fingerprint density at radius 3 is 1.16 bits per heavy atom. The third-order valence-corrected chi connectivity index (χ3v) is 6.10. The fourth-order valence-corrected chi connectivity index (χ4v) is 4.28. The van der Waals surface area contributed by atoms with Crippen LogP contribution < -0.4 is 0 Å². The Labute approximate surface area is 194 Å². The zero-order valence-electron chi connectivity index (χ0n) is 17.9. The van der Waals surface area contributed by atoms with E-state index in [4.69, 9.17) is 11.6 Å². The first-order valence-electron chi connectivity index (χ1n) is 10.8. The summed E-state index contributed by atoms with van der Waals surface area (Å²) in [5.74, 6) is 0. The Hall–Kier alpha value is -3.61. The van der Waals surface area contributed by atoms with Gasteiger partial charge in [-0.05, 0) is 75.7 Å². The molecule has 154 valence electrons. The molecule has 0 aliphatic heterocycles. The van der Waals surface area contributed by atoms with Crippen molar-refractivity contribution in [3.8, 4) is 44.5 Å². The van der Waals surface area contributed by atoms with Crippen molar-refractivity contribution in [3.63, 3.8) is 0 Å². The van der Waals surface area contributed by atoms with Crippen molar-refractivity contribution in [2.75, 3.05) is 0 Å². The van der Waals surface area contributed by atoms with Gasteiger partial charge in [0.2, 0.25) is 0 Å². The van der Waals surface area contributed by atoms with Crippen LogP contribution in [0.3, 0.4) is 0 Å². The molecule has 0 nitrogen and oxygen atoms in total. The van der Waals surface area contributed by atoms with Gasteiger partial charge in [0.1, 0.15) is 0 Å². The van der Waals surface area contributed by atoms with Gasteiger partial charge < -0.3 is 0 Å². The minimum Gasteiger partial charge on any atom is -0.0843 e. The van der Waals surface area contributed by atoms with Gasteiger partial charge in [-0.2, -0.15) is 0 Å². The second kappa shape index (κ2) is 8.86. The smallest absolute Gasteiger partial charge is 0.0406 e. The highest BCUT2D eigenvalue weighted by Crippen LogP contribution is 2.42. The summed E-state index contributed by atoms with van der Waals surface area (Å²) in [5, 5.41) is 0.745. The lowest BCUT2D eigenvalue weighted by Gasteiger charge is -2.18. The molecular formula is C31H23Cl. The Morgan fingerprint density at radius 2 is 0.750 bits per heavy atom. The van der Waals surface area contributed by atoms with Crippen LogP contribution in [0, 0.1) is 6.92 Å². The van der Waals surface area contributed by atoms with E-state index in [-0.39, 0.29) is 0 Å². The molecule has 0 amide bonds. The maximum atomic E-state index is 6.20. The van der Waals surface area contributed by atoms with E-state index in [9.17, 15) is 0 Å². The van der Waals surface area contributed by atoms with E-state index >= 15 is 0 Å². The van der Waals surface area contributed by atoms with Gasteiger partial charge in [-0.3, -0.25) is 0 Å². The molecule has 0 spiro atoms. The SMILES string of the molecule is Cc1ccc(-c2cc(-c3ccccc3)c(-c3ccc(Cl)cc3)cc2-c2ccccc2)cc1. The Kier molecular flexibility index (Phi) is 5.62. The van der Waals surface area contributed by atoms with Crippen molar-refractivity contribution in [1.82, 2.24) is 0 Å². The molecule has 0 radical (unpaired) electrons. The fraction of sp³-hybridized carbons (Fsp3) is 0.0323. The van der Waals surface area contributed by atoms with Crippen LogP contribution >= 0.6 is 11.6 Å². The van der Waals surface area contributed by atoms with E-state index < -0.39 is 0 Å². The molecule has 0 N–H and O–H groups in total. The molecule has 0 atom stereocenters. The molecule has 5 aromatic carbocycles. The number of hydrogen-bond acceptors (Lipinski definition) is 0. The summed E-state index contributed by atoms with van der Waals surface area (Å²) in [6, 6.07) is 42.8. The largest absolute Gasteiger partial charge is 0.0843 e. The van der Waals surface area contributed by atoms with Crippen LogP contribution in [0.25, 0.3) is 44.5 Å². The van der Waals surface area contributed by atoms with E-state index in [0.717, 1.165) is 10.6 Å². The van der Waals surface area contributed by atoms with Gasteiger partial charge in [0.05, 0.1) is 0 Å². The summed E-state index contributed by atoms with van der Waals surface area (Å²) >= 11 is 6.20. The van der Waals surface area contributed by atoms with E-state index in [2.05, 4.69) is 116 Å². The molecule has 0 aliphatic carbocycles. The van der Waals surface area contributed by atoms with Crippen LogP contribution in [0.2, 0.25) is 5.02 Å². The highest BCUT2D eigenvalue weighted by Gasteiger charge is 2.16. The van der Waals surface area contributed by atoms with Crippen molar-refractivity contribution < 1.29 is 0 Å². The van der Waals surface area contributed by atoms with Crippen molar-refractivity contribution in [2.24, 2.45) is 0 Å². The quantitative estimate of drug-likeness (QED) is 0.266. The molecule has 0 unspecified atom stereocenters. The summed E-state index contributed by atoms with van der Waals surface area (Å²) in [6.07, 6.45) is 0. The lowest BCUT2D eigenvalue weighted by Crippen LogP contribution is -1.92. The molecular weight excluding hydrogens is 408 g/mol. The molecule has 0 fully saturated rings. The van der Waals surface area contributed by atoms with Crippen LogP contribution in [0.4, 0.5) is 0 Å². The van der Waals surface area contributed by atoms with E-state index in [0.29, 0.717) is 0 Å². The summed E-state index contributed by atoms with van der Waals surface area (Å²) in [5.41, 5.74) is 10.9. The Bertz CT molecular complexity index is 1230. The Balaban J connectivity index is 1.83. The predicted molar refractivity (Wildman–Crippen MR) is 138 cm³/mol. The van der Waals surface area contributed by atoms with Gasteiger partial charge in [-0.1, -0.05) is 114 Å². The minimum absolute atomic E-state index is 0.745. The van der Waals surface area contributed by atoms with Crippen LogP contribution in [-0.2, 0) is 0 Å². The molecule has 0 aliphatic rings. The van der Waals surface area contributed by atoms with Gasteiger partial charge in [-0.25, -0.2) is 0 Å². The fourth-order valence-electron chi connectivity index (χ4n) is 4.15. The molecule has 0 aromatic heterocycles. The van der Waals surface area contributed by atoms with Crippen LogP contribution in [0.15, 0.2) is 121 Å². The summed E-state index contributed by atoms with van der Waals surface area (Å²) < 4.78 is 0. The molecule has 5 aromatic rings. The normalized spacial score (nSPS) is 10.8. The summed E-state index contributed by atoms with van der Waals surface area (Å²) in [7, 11) is 0. The van der Waals surface area contributed by atoms with Gasteiger partial charge >= 0.3 is 0 Å². The standard InChI is InChI=1S/C31H23Cl/c1-22-12-14-25(15-13-22)30-20-29(24-10-6-3-7-11-24)31(26-16-18-27(32)19-17-26)21-28(30)23-8-4-2-5-9-23/h2-21H,1H3. The second-order valence-corrected chi connectivity index (χ2v) is 8.48. The predicted octanol–water partition coefficient (Wildman–Crippen LogP) is 9.32. The lowest BCUT2D eigenvalue weighted by molar-refractivity contribution is 1.46. The third kappa shape index (κ3) is 4.10. The van der Waals surface area contributed by atoms with Gasteiger partial charge in [0.25, 0.3) is 0 Å². The van der Waals surface area contributed by atoms with Crippen LogP contribution in [-0.4, -0.2) is 0 Å². The number of rotatable bonds is 4. The zero-order valence-corrected chi connectivity index (χ0v) is 18.7. The van der Waals surface area contributed by atoms with Crippen LogP contribution in [0.1, 0.15) is 5.56 Å². The zero-order chi connectivity index (χ0) is 21.9. The van der Waals surface area contributed by atoms with Crippen molar-refractivity contribution in [3.05, 3.63) is 132 Å².